The minimum absolute atomic E-state index is 0.0630. The molecule has 1 fully saturated rings. The van der Waals surface area contributed by atoms with E-state index < -0.39 is 0 Å². The van der Waals surface area contributed by atoms with Gasteiger partial charge in [0, 0.05) is 13.0 Å². The van der Waals surface area contributed by atoms with E-state index in [9.17, 15) is 4.79 Å². The van der Waals surface area contributed by atoms with Crippen molar-refractivity contribution >= 4 is 5.91 Å². The quantitative estimate of drug-likeness (QED) is 0.766. The van der Waals surface area contributed by atoms with E-state index in [1.165, 1.54) is 19.4 Å². The average Bonchev–Trinajstić information content (AvgIpc) is 2.87. The Balaban J connectivity index is 1.62. The summed E-state index contributed by atoms with van der Waals surface area (Å²) < 4.78 is 0. The molecular formula is C11H20N6O. The Morgan fingerprint density at radius 2 is 2.50 bits per heavy atom. The maximum absolute atomic E-state index is 11.7. The van der Waals surface area contributed by atoms with Crippen molar-refractivity contribution in [2.75, 3.05) is 20.1 Å². The van der Waals surface area contributed by atoms with Crippen LogP contribution in [0, 0.1) is 5.92 Å². The monoisotopic (exact) mass is 252 g/mol. The van der Waals surface area contributed by atoms with Crippen molar-refractivity contribution in [3.63, 3.8) is 0 Å². The first-order valence-corrected chi connectivity index (χ1v) is 6.41. The van der Waals surface area contributed by atoms with E-state index in [0.29, 0.717) is 24.7 Å². The van der Waals surface area contributed by atoms with Gasteiger partial charge in [0.25, 0.3) is 0 Å². The molecule has 1 atom stereocenters. The van der Waals surface area contributed by atoms with E-state index in [4.69, 9.17) is 0 Å². The molecule has 1 amide bonds. The molecule has 0 aromatic carbocycles. The van der Waals surface area contributed by atoms with E-state index in [-0.39, 0.29) is 5.91 Å². The molecule has 1 aromatic heterocycles. The number of likely N-dealkylation sites (tertiary alicyclic amines) is 1. The predicted molar refractivity (Wildman–Crippen MR) is 65.5 cm³/mol. The lowest BCUT2D eigenvalue weighted by atomic mass is 9.93. The summed E-state index contributed by atoms with van der Waals surface area (Å²) >= 11 is 0. The third kappa shape index (κ3) is 4.06. The first-order valence-electron chi connectivity index (χ1n) is 6.41. The van der Waals surface area contributed by atoms with Crippen LogP contribution in [0.4, 0.5) is 0 Å². The van der Waals surface area contributed by atoms with E-state index >= 15 is 0 Å². The van der Waals surface area contributed by atoms with Crippen molar-refractivity contribution in [2.24, 2.45) is 5.92 Å². The molecule has 0 radical (unpaired) electrons. The normalized spacial score (nSPS) is 20.8. The molecule has 100 valence electrons. The molecule has 2 rings (SSSR count). The van der Waals surface area contributed by atoms with Crippen LogP contribution in [-0.2, 0) is 11.3 Å². The summed E-state index contributed by atoms with van der Waals surface area (Å²) in [6.45, 7) is 2.64. The minimum Gasteiger partial charge on any atom is -0.349 e. The van der Waals surface area contributed by atoms with Crippen molar-refractivity contribution in [2.45, 2.75) is 32.2 Å². The van der Waals surface area contributed by atoms with Gasteiger partial charge in [-0.3, -0.25) is 4.79 Å². The Labute approximate surface area is 106 Å². The summed E-state index contributed by atoms with van der Waals surface area (Å²) in [4.78, 5) is 14.0. The zero-order valence-electron chi connectivity index (χ0n) is 10.7. The van der Waals surface area contributed by atoms with Crippen LogP contribution in [0.3, 0.4) is 0 Å². The molecule has 0 unspecified atom stereocenters. The fourth-order valence-electron chi connectivity index (χ4n) is 2.37. The SMILES string of the molecule is CN1CCC[C@@H](CCC(=O)NCc2nn[nH]n2)C1. The lowest BCUT2D eigenvalue weighted by molar-refractivity contribution is -0.121. The van der Waals surface area contributed by atoms with Gasteiger partial charge in [0.15, 0.2) is 5.82 Å². The number of rotatable bonds is 5. The van der Waals surface area contributed by atoms with Crippen LogP contribution in [0.1, 0.15) is 31.5 Å². The number of nitrogens with one attached hydrogen (secondary N) is 2. The molecule has 18 heavy (non-hydrogen) atoms. The van der Waals surface area contributed by atoms with Crippen molar-refractivity contribution in [1.82, 2.24) is 30.8 Å². The highest BCUT2D eigenvalue weighted by atomic mass is 16.1. The van der Waals surface area contributed by atoms with Gasteiger partial charge in [0.1, 0.15) is 0 Å². The highest BCUT2D eigenvalue weighted by Crippen LogP contribution is 2.19. The van der Waals surface area contributed by atoms with Crippen LogP contribution in [0.15, 0.2) is 0 Å². The number of carbonyl (C=O) groups is 1. The number of amides is 1. The molecule has 2 heterocycles. The molecular weight excluding hydrogens is 232 g/mol. The Hall–Kier alpha value is -1.50. The van der Waals surface area contributed by atoms with E-state index in [0.717, 1.165) is 13.0 Å². The molecule has 1 saturated heterocycles. The summed E-state index contributed by atoms with van der Waals surface area (Å²) in [5.74, 6) is 1.23. The minimum atomic E-state index is 0.0630. The van der Waals surface area contributed by atoms with Gasteiger partial charge in [-0.2, -0.15) is 5.21 Å². The van der Waals surface area contributed by atoms with E-state index in [1.807, 2.05) is 0 Å². The molecule has 0 saturated carbocycles. The van der Waals surface area contributed by atoms with Gasteiger partial charge < -0.3 is 10.2 Å². The number of aromatic amines is 1. The second kappa shape index (κ2) is 6.44. The first-order chi connectivity index (χ1) is 8.74. The second-order valence-electron chi connectivity index (χ2n) is 4.91. The zero-order valence-corrected chi connectivity index (χ0v) is 10.7. The summed E-state index contributed by atoms with van der Waals surface area (Å²) in [5, 5.41) is 16.1. The van der Waals surface area contributed by atoms with Gasteiger partial charge in [-0.05, 0) is 38.8 Å². The highest BCUT2D eigenvalue weighted by molar-refractivity contribution is 5.75. The molecule has 1 aliphatic rings. The Bertz CT molecular complexity index is 366. The van der Waals surface area contributed by atoms with Gasteiger partial charge in [-0.15, -0.1) is 10.2 Å². The van der Waals surface area contributed by atoms with Crippen molar-refractivity contribution in [3.8, 4) is 0 Å². The summed E-state index contributed by atoms with van der Waals surface area (Å²) in [6.07, 6.45) is 4.02. The molecule has 2 N–H and O–H groups in total. The Kier molecular flexibility index (Phi) is 4.63. The number of piperidine rings is 1. The lowest BCUT2D eigenvalue weighted by Gasteiger charge is -2.29. The summed E-state index contributed by atoms with van der Waals surface area (Å²) in [6, 6.07) is 0. The highest BCUT2D eigenvalue weighted by Gasteiger charge is 2.17. The Morgan fingerprint density at radius 1 is 1.61 bits per heavy atom. The number of carbonyl (C=O) groups excluding carboxylic acids is 1. The third-order valence-corrected chi connectivity index (χ3v) is 3.33. The maximum atomic E-state index is 11.7. The van der Waals surface area contributed by atoms with Crippen LogP contribution in [0.2, 0.25) is 0 Å². The van der Waals surface area contributed by atoms with E-state index in [1.54, 1.807) is 0 Å². The van der Waals surface area contributed by atoms with Crippen LogP contribution < -0.4 is 5.32 Å². The number of aromatic nitrogens is 4. The molecule has 1 aliphatic heterocycles. The van der Waals surface area contributed by atoms with E-state index in [2.05, 4.69) is 37.9 Å². The number of tetrazole rings is 1. The third-order valence-electron chi connectivity index (χ3n) is 3.33. The van der Waals surface area contributed by atoms with Gasteiger partial charge in [-0.1, -0.05) is 5.21 Å². The zero-order chi connectivity index (χ0) is 12.8. The number of hydrogen-bond acceptors (Lipinski definition) is 5. The van der Waals surface area contributed by atoms with Gasteiger partial charge in [0.2, 0.25) is 5.91 Å². The second-order valence-corrected chi connectivity index (χ2v) is 4.91. The van der Waals surface area contributed by atoms with Crippen LogP contribution in [0.25, 0.3) is 0 Å². The molecule has 7 heteroatoms. The van der Waals surface area contributed by atoms with Crippen LogP contribution >= 0.6 is 0 Å². The lowest BCUT2D eigenvalue weighted by Crippen LogP contribution is -2.33. The standard InChI is InChI=1S/C11H20N6O/c1-17-6-2-3-9(8-17)4-5-11(18)12-7-10-13-15-16-14-10/h9H,2-8H2,1H3,(H,12,18)(H,13,14,15,16)/t9-/m0/s1. The molecule has 1 aromatic rings. The molecule has 0 aliphatic carbocycles. The summed E-state index contributed by atoms with van der Waals surface area (Å²) in [5.41, 5.74) is 0. The van der Waals surface area contributed by atoms with Crippen molar-refractivity contribution in [3.05, 3.63) is 5.82 Å². The largest absolute Gasteiger partial charge is 0.349 e. The fourth-order valence-corrected chi connectivity index (χ4v) is 2.37. The Morgan fingerprint density at radius 3 is 3.22 bits per heavy atom. The van der Waals surface area contributed by atoms with Gasteiger partial charge in [0.05, 0.1) is 6.54 Å². The molecule has 7 nitrogen and oxygen atoms in total. The van der Waals surface area contributed by atoms with Gasteiger partial charge in [-0.25, -0.2) is 0 Å². The smallest absolute Gasteiger partial charge is 0.220 e. The topological polar surface area (TPSA) is 86.8 Å². The fraction of sp³-hybridized carbons (Fsp3) is 0.818. The number of H-pyrrole nitrogens is 1. The van der Waals surface area contributed by atoms with Crippen LogP contribution in [-0.4, -0.2) is 51.6 Å². The predicted octanol–water partition coefficient (Wildman–Crippen LogP) is -0.0621. The maximum Gasteiger partial charge on any atom is 0.220 e. The van der Waals surface area contributed by atoms with Crippen molar-refractivity contribution < 1.29 is 4.79 Å². The number of nitrogens with zero attached hydrogens (tertiary/aromatic N) is 4. The first kappa shape index (κ1) is 12.9. The number of hydrogen-bond donors (Lipinski definition) is 2. The molecule has 0 bridgehead atoms. The average molecular weight is 252 g/mol. The van der Waals surface area contributed by atoms with Crippen LogP contribution in [0.5, 0.6) is 0 Å². The molecule has 0 spiro atoms. The summed E-state index contributed by atoms with van der Waals surface area (Å²) in [7, 11) is 2.14. The van der Waals surface area contributed by atoms with Gasteiger partial charge >= 0.3 is 0 Å². The van der Waals surface area contributed by atoms with Crippen molar-refractivity contribution in [1.29, 1.82) is 0 Å².